The minimum Gasteiger partial charge on any atom is -0.423 e. The maximum Gasteiger partial charge on any atom is 0.343 e. The molecule has 6 rings (SSSR count). The van der Waals surface area contributed by atoms with Gasteiger partial charge < -0.3 is 4.74 Å². The van der Waals surface area contributed by atoms with Crippen LogP contribution in [0.1, 0.15) is 22.0 Å². The lowest BCUT2D eigenvalue weighted by atomic mass is 9.90. The van der Waals surface area contributed by atoms with Gasteiger partial charge in [-0.25, -0.2) is 14.8 Å². The van der Waals surface area contributed by atoms with Gasteiger partial charge in [0, 0.05) is 5.02 Å². The van der Waals surface area contributed by atoms with Crippen molar-refractivity contribution in [1.29, 1.82) is 0 Å². The average Bonchev–Trinajstić information content (AvgIpc) is 3.46. The highest BCUT2D eigenvalue weighted by atomic mass is 35.5. The first-order valence-electron chi connectivity index (χ1n) is 12.0. The van der Waals surface area contributed by atoms with Gasteiger partial charge in [-0.05, 0) is 66.2 Å². The maximum absolute atomic E-state index is 13.7. The predicted octanol–water partition coefficient (Wildman–Crippen LogP) is 5.61. The molecular weight excluding hydrogens is 504 g/mol. The number of hydroxylamine groups is 1. The Bertz CT molecular complexity index is 1490. The van der Waals surface area contributed by atoms with Crippen molar-refractivity contribution in [3.63, 3.8) is 0 Å². The number of amides is 2. The molecule has 3 atom stereocenters. The molecule has 4 aromatic carbocycles. The number of anilines is 2. The van der Waals surface area contributed by atoms with Crippen molar-refractivity contribution in [2.45, 2.75) is 12.1 Å². The fraction of sp³-hybridized carbons (Fsp3) is 0.100. The van der Waals surface area contributed by atoms with Crippen LogP contribution in [0.2, 0.25) is 5.02 Å². The van der Waals surface area contributed by atoms with E-state index in [2.05, 4.69) is 0 Å². The molecule has 2 aliphatic rings. The second kappa shape index (κ2) is 9.78. The summed E-state index contributed by atoms with van der Waals surface area (Å²) in [4.78, 5) is 46.9. The van der Waals surface area contributed by atoms with Crippen molar-refractivity contribution >= 4 is 40.8 Å². The van der Waals surface area contributed by atoms with Gasteiger partial charge in [0.05, 0.1) is 23.0 Å². The molecule has 0 aromatic heterocycles. The predicted molar refractivity (Wildman–Crippen MR) is 142 cm³/mol. The molecule has 7 nitrogen and oxygen atoms in total. The number of imide groups is 1. The molecule has 2 amide bonds. The molecule has 188 valence electrons. The Hall–Kier alpha value is -4.46. The molecule has 2 saturated heterocycles. The van der Waals surface area contributed by atoms with Gasteiger partial charge in [0.25, 0.3) is 5.91 Å². The van der Waals surface area contributed by atoms with E-state index < -0.39 is 29.9 Å². The van der Waals surface area contributed by atoms with E-state index >= 15 is 0 Å². The highest BCUT2D eigenvalue weighted by molar-refractivity contribution is 6.31. The minimum absolute atomic E-state index is 0.356. The van der Waals surface area contributed by atoms with E-state index in [1.54, 1.807) is 77.9 Å². The molecular formula is C30H21ClN2O5. The van der Waals surface area contributed by atoms with Crippen LogP contribution in [0.15, 0.2) is 109 Å². The summed E-state index contributed by atoms with van der Waals surface area (Å²) in [5.74, 6) is -1.68. The third kappa shape index (κ3) is 4.22. The number of esters is 1. The van der Waals surface area contributed by atoms with E-state index in [4.69, 9.17) is 21.2 Å². The second-order valence-electron chi connectivity index (χ2n) is 8.97. The van der Waals surface area contributed by atoms with Gasteiger partial charge in [0.15, 0.2) is 6.10 Å². The number of hydrogen-bond acceptors (Lipinski definition) is 6. The highest BCUT2D eigenvalue weighted by Crippen LogP contribution is 2.47. The summed E-state index contributed by atoms with van der Waals surface area (Å²) in [6, 6.07) is 30.9. The molecule has 0 saturated carbocycles. The van der Waals surface area contributed by atoms with Crippen molar-refractivity contribution in [1.82, 2.24) is 0 Å². The standard InChI is InChI=1S/C30H21ClN2O5/c31-21-13-15-22(16-14-21)32-28(34)25-26(33(38-27(25)29(32)35)23-9-5-2-6-10-23)19-11-17-24(18-12-19)37-30(36)20-7-3-1-4-8-20/h1-18,25-27H/t25-,26+,27-/m0/s1. The number of fused-ring (bicyclic) bond motifs is 1. The zero-order valence-corrected chi connectivity index (χ0v) is 20.7. The van der Waals surface area contributed by atoms with Crippen molar-refractivity contribution in [3.8, 4) is 5.75 Å². The quantitative estimate of drug-likeness (QED) is 0.192. The van der Waals surface area contributed by atoms with Crippen LogP contribution in [0.4, 0.5) is 11.4 Å². The number of hydrogen-bond donors (Lipinski definition) is 0. The van der Waals surface area contributed by atoms with Gasteiger partial charge >= 0.3 is 5.97 Å². The van der Waals surface area contributed by atoms with Crippen LogP contribution in [-0.2, 0) is 14.4 Å². The number of halogens is 1. The summed E-state index contributed by atoms with van der Waals surface area (Å²) in [7, 11) is 0. The smallest absolute Gasteiger partial charge is 0.343 e. The Labute approximate surface area is 223 Å². The van der Waals surface area contributed by atoms with E-state index in [1.165, 1.54) is 0 Å². The molecule has 2 heterocycles. The topological polar surface area (TPSA) is 76.2 Å². The van der Waals surface area contributed by atoms with Crippen molar-refractivity contribution in [2.24, 2.45) is 5.92 Å². The number of nitrogens with zero attached hydrogens (tertiary/aromatic N) is 2. The molecule has 8 heteroatoms. The van der Waals surface area contributed by atoms with E-state index in [1.807, 2.05) is 36.4 Å². The molecule has 2 aliphatic heterocycles. The van der Waals surface area contributed by atoms with E-state index in [0.29, 0.717) is 27.7 Å². The van der Waals surface area contributed by atoms with E-state index in [-0.39, 0.29) is 5.91 Å². The molecule has 0 radical (unpaired) electrons. The zero-order valence-electron chi connectivity index (χ0n) is 19.9. The fourth-order valence-electron chi connectivity index (χ4n) is 4.87. The number of ether oxygens (including phenoxy) is 1. The van der Waals surface area contributed by atoms with Crippen molar-refractivity contribution < 1.29 is 24.0 Å². The van der Waals surface area contributed by atoms with Crippen LogP contribution in [0.25, 0.3) is 0 Å². The molecule has 0 N–H and O–H groups in total. The molecule has 0 aliphatic carbocycles. The van der Waals surface area contributed by atoms with Crippen LogP contribution in [0.3, 0.4) is 0 Å². The van der Waals surface area contributed by atoms with Crippen LogP contribution in [-0.4, -0.2) is 23.9 Å². The Morgan fingerprint density at radius 1 is 0.737 bits per heavy atom. The fourth-order valence-corrected chi connectivity index (χ4v) is 5.00. The molecule has 0 bridgehead atoms. The summed E-state index contributed by atoms with van der Waals surface area (Å²) in [6.07, 6.45) is -0.987. The minimum atomic E-state index is -0.987. The van der Waals surface area contributed by atoms with Crippen molar-refractivity contribution in [2.75, 3.05) is 9.96 Å². The van der Waals surface area contributed by atoms with Crippen LogP contribution in [0.5, 0.6) is 5.75 Å². The third-order valence-corrected chi connectivity index (χ3v) is 6.90. The van der Waals surface area contributed by atoms with Gasteiger partial charge in [-0.15, -0.1) is 0 Å². The zero-order chi connectivity index (χ0) is 26.2. The summed E-state index contributed by atoms with van der Waals surface area (Å²) >= 11 is 6.01. The van der Waals surface area contributed by atoms with Gasteiger partial charge in [-0.2, -0.15) is 0 Å². The third-order valence-electron chi connectivity index (χ3n) is 6.65. The van der Waals surface area contributed by atoms with Crippen LogP contribution < -0.4 is 14.7 Å². The van der Waals surface area contributed by atoms with Gasteiger partial charge in [0.1, 0.15) is 11.7 Å². The molecule has 0 unspecified atom stereocenters. The summed E-state index contributed by atoms with van der Waals surface area (Å²) in [5.41, 5.74) is 2.33. The maximum atomic E-state index is 13.7. The van der Waals surface area contributed by atoms with Gasteiger partial charge in [-0.3, -0.25) is 14.4 Å². The summed E-state index contributed by atoms with van der Waals surface area (Å²) in [5, 5.41) is 2.13. The Balaban J connectivity index is 1.32. The van der Waals surface area contributed by atoms with E-state index in [9.17, 15) is 14.4 Å². The van der Waals surface area contributed by atoms with Crippen LogP contribution in [0, 0.1) is 5.92 Å². The number of rotatable bonds is 5. The Morgan fingerprint density at radius 2 is 1.37 bits per heavy atom. The lowest BCUT2D eigenvalue weighted by molar-refractivity contribution is -0.126. The number of para-hydroxylation sites is 1. The first-order valence-corrected chi connectivity index (χ1v) is 12.4. The molecule has 0 spiro atoms. The largest absolute Gasteiger partial charge is 0.423 e. The Morgan fingerprint density at radius 3 is 2.03 bits per heavy atom. The van der Waals surface area contributed by atoms with Gasteiger partial charge in [0.2, 0.25) is 5.91 Å². The number of carbonyl (C=O) groups excluding carboxylic acids is 3. The number of carbonyl (C=O) groups is 3. The normalized spacial score (nSPS) is 20.5. The summed E-state index contributed by atoms with van der Waals surface area (Å²) < 4.78 is 5.52. The van der Waals surface area contributed by atoms with Gasteiger partial charge in [-0.1, -0.05) is 60.1 Å². The summed E-state index contributed by atoms with van der Waals surface area (Å²) in [6.45, 7) is 0. The molecule has 4 aromatic rings. The molecule has 38 heavy (non-hydrogen) atoms. The monoisotopic (exact) mass is 524 g/mol. The second-order valence-corrected chi connectivity index (χ2v) is 9.41. The molecule has 2 fully saturated rings. The Kier molecular flexibility index (Phi) is 6.15. The van der Waals surface area contributed by atoms with E-state index in [0.717, 1.165) is 10.5 Å². The number of benzene rings is 4. The highest BCUT2D eigenvalue weighted by Gasteiger charge is 2.60. The lowest BCUT2D eigenvalue weighted by Gasteiger charge is -2.28. The lowest BCUT2D eigenvalue weighted by Crippen LogP contribution is -2.37. The SMILES string of the molecule is O=C(Oc1ccc([C@@H]2[C@@H]3C(=O)N(c4ccc(Cl)cc4)C(=O)[C@H]3ON2c2ccccc2)cc1)c1ccccc1. The van der Waals surface area contributed by atoms with Crippen molar-refractivity contribution in [3.05, 3.63) is 125 Å². The first-order chi connectivity index (χ1) is 18.5. The average molecular weight is 525 g/mol. The van der Waals surface area contributed by atoms with Crippen LogP contribution >= 0.6 is 11.6 Å². The first kappa shape index (κ1) is 23.9.